The molecule has 1 unspecified atom stereocenters. The molecule has 1 aromatic heterocycles. The lowest BCUT2D eigenvalue weighted by molar-refractivity contribution is -0.136. The Kier molecular flexibility index (Phi) is 15.7. The third-order valence-corrected chi connectivity index (χ3v) is 7.76. The van der Waals surface area contributed by atoms with Gasteiger partial charge in [-0.1, -0.05) is 94.1 Å². The van der Waals surface area contributed by atoms with Crippen LogP contribution in [0.4, 0.5) is 0 Å². The predicted molar refractivity (Wildman–Crippen MR) is 175 cm³/mol. The lowest BCUT2D eigenvalue weighted by Gasteiger charge is -2.33. The van der Waals surface area contributed by atoms with E-state index in [1.807, 2.05) is 86.5 Å². The summed E-state index contributed by atoms with van der Waals surface area (Å²) in [6.07, 6.45) is 8.53. The van der Waals surface area contributed by atoms with Crippen LogP contribution in [0, 0.1) is 5.92 Å². The first-order valence-electron chi connectivity index (χ1n) is 14.7. The molecule has 3 aromatic rings. The van der Waals surface area contributed by atoms with Gasteiger partial charge >= 0.3 is 0 Å². The van der Waals surface area contributed by atoms with Crippen LogP contribution in [0.1, 0.15) is 73.1 Å². The highest BCUT2D eigenvalue weighted by atomic mass is 32.1. The molecule has 6 nitrogen and oxygen atoms in total. The summed E-state index contributed by atoms with van der Waals surface area (Å²) < 4.78 is 5.11. The van der Waals surface area contributed by atoms with Gasteiger partial charge in [0.1, 0.15) is 5.69 Å². The summed E-state index contributed by atoms with van der Waals surface area (Å²) in [4.78, 5) is 29.8. The van der Waals surface area contributed by atoms with Crippen LogP contribution in [-0.4, -0.2) is 41.8 Å². The van der Waals surface area contributed by atoms with Gasteiger partial charge in [-0.25, -0.2) is 4.98 Å². The largest absolute Gasteiger partial charge is 0.501 e. The Balaban J connectivity index is 0.000000299. The fourth-order valence-electron chi connectivity index (χ4n) is 4.58. The maximum Gasteiger partial charge on any atom is 0.225 e. The summed E-state index contributed by atoms with van der Waals surface area (Å²) in [7, 11) is 0. The van der Waals surface area contributed by atoms with E-state index in [1.165, 1.54) is 5.56 Å². The monoisotopic (exact) mass is 587 g/mol. The second-order valence-electron chi connectivity index (χ2n) is 9.62. The van der Waals surface area contributed by atoms with Gasteiger partial charge in [0.05, 0.1) is 17.9 Å². The molecule has 0 bridgehead atoms. The number of nitrogens with zero attached hydrogens (tertiary/aromatic N) is 2. The molecule has 1 atom stereocenters. The van der Waals surface area contributed by atoms with Gasteiger partial charge in [-0.05, 0) is 43.4 Å². The van der Waals surface area contributed by atoms with Crippen molar-refractivity contribution >= 4 is 29.1 Å². The number of hydrogen-bond donors (Lipinski definition) is 1. The van der Waals surface area contributed by atoms with E-state index in [0.29, 0.717) is 23.9 Å². The molecule has 2 aromatic carbocycles. The first kappa shape index (κ1) is 34.2. The molecule has 1 amide bonds. The second-order valence-corrected chi connectivity index (χ2v) is 10.5. The molecule has 1 aliphatic rings. The van der Waals surface area contributed by atoms with Crippen molar-refractivity contribution in [3.05, 3.63) is 119 Å². The van der Waals surface area contributed by atoms with Gasteiger partial charge in [0.15, 0.2) is 6.29 Å². The SMILES string of the molecule is C=C/C(=C(N)\C=C\OCC)c1ccccc1.CC.CC(Cc1ccccc1)C(=O)N1CCC(c2nc(C=O)cs2)CC1. The van der Waals surface area contributed by atoms with Gasteiger partial charge in [0, 0.05) is 41.6 Å². The second kappa shape index (κ2) is 19.2. The number of carbonyl (C=O) groups excluding carboxylic acids is 2. The number of allylic oxidation sites excluding steroid dienone is 3. The lowest BCUT2D eigenvalue weighted by atomic mass is 9.94. The molecule has 1 saturated heterocycles. The minimum absolute atomic E-state index is 0.00507. The number of ether oxygens (including phenoxy) is 1. The quantitative estimate of drug-likeness (QED) is 0.150. The molecule has 42 heavy (non-hydrogen) atoms. The van der Waals surface area contributed by atoms with Crippen molar-refractivity contribution in [3.8, 4) is 0 Å². The highest BCUT2D eigenvalue weighted by Crippen LogP contribution is 2.30. The zero-order valence-electron chi connectivity index (χ0n) is 25.4. The molecule has 224 valence electrons. The molecule has 1 aliphatic heterocycles. The average molecular weight is 588 g/mol. The summed E-state index contributed by atoms with van der Waals surface area (Å²) in [5, 5.41) is 2.84. The van der Waals surface area contributed by atoms with E-state index in [4.69, 9.17) is 10.5 Å². The minimum atomic E-state index is 0.00507. The van der Waals surface area contributed by atoms with E-state index >= 15 is 0 Å². The smallest absolute Gasteiger partial charge is 0.225 e. The van der Waals surface area contributed by atoms with Crippen LogP contribution < -0.4 is 5.73 Å². The van der Waals surface area contributed by atoms with Crippen LogP contribution >= 0.6 is 11.3 Å². The number of amides is 1. The summed E-state index contributed by atoms with van der Waals surface area (Å²) in [6, 6.07) is 20.1. The van der Waals surface area contributed by atoms with E-state index < -0.39 is 0 Å². The Morgan fingerprint density at radius 2 is 1.74 bits per heavy atom. The van der Waals surface area contributed by atoms with Gasteiger partial charge in [-0.2, -0.15) is 0 Å². The third kappa shape index (κ3) is 10.8. The van der Waals surface area contributed by atoms with Crippen LogP contribution in [0.25, 0.3) is 5.57 Å². The highest BCUT2D eigenvalue weighted by molar-refractivity contribution is 7.09. The minimum Gasteiger partial charge on any atom is -0.501 e. The van der Waals surface area contributed by atoms with Gasteiger partial charge in [0.25, 0.3) is 0 Å². The first-order valence-corrected chi connectivity index (χ1v) is 15.5. The van der Waals surface area contributed by atoms with Crippen molar-refractivity contribution in [1.29, 1.82) is 0 Å². The van der Waals surface area contributed by atoms with Crippen LogP contribution in [0.15, 0.2) is 96.7 Å². The van der Waals surface area contributed by atoms with Crippen molar-refractivity contribution in [1.82, 2.24) is 9.88 Å². The fraction of sp³-hybridized carbons (Fsp3) is 0.343. The highest BCUT2D eigenvalue weighted by Gasteiger charge is 2.28. The van der Waals surface area contributed by atoms with Crippen molar-refractivity contribution in [2.24, 2.45) is 11.7 Å². The number of carbonyl (C=O) groups is 2. The molecule has 0 saturated carbocycles. The molecule has 2 N–H and O–H groups in total. The average Bonchev–Trinajstić information content (AvgIpc) is 3.53. The normalized spacial score (nSPS) is 14.4. The Labute approximate surface area is 255 Å². The standard InChI is InChI=1S/C19H22N2O2S.C14H17NO.C2H6/c1-14(11-15-5-3-2-4-6-15)19(23)21-9-7-16(8-10-21)18-20-17(12-22)13-24-18;1-3-13(12-8-6-5-7-9-12)14(15)10-11-16-4-2;1-2/h2-6,12-14,16H,7-11H2,1H3;3,5-11H,1,4,15H2,2H3;1-2H3/b;11-10+,14-13-;. The van der Waals surface area contributed by atoms with Gasteiger partial charge < -0.3 is 15.4 Å². The van der Waals surface area contributed by atoms with E-state index in [9.17, 15) is 9.59 Å². The molecule has 1 fully saturated rings. The molecular weight excluding hydrogens is 542 g/mol. The number of aromatic nitrogens is 1. The fourth-order valence-corrected chi connectivity index (χ4v) is 5.52. The third-order valence-electron chi connectivity index (χ3n) is 6.73. The Morgan fingerprint density at radius 1 is 1.12 bits per heavy atom. The number of rotatable bonds is 10. The van der Waals surface area contributed by atoms with E-state index in [1.54, 1.807) is 29.8 Å². The number of benzene rings is 2. The van der Waals surface area contributed by atoms with Gasteiger partial charge in [0.2, 0.25) is 5.91 Å². The first-order chi connectivity index (χ1) is 20.5. The number of aldehydes is 1. The van der Waals surface area contributed by atoms with Gasteiger partial charge in [-0.15, -0.1) is 11.3 Å². The molecule has 0 spiro atoms. The number of likely N-dealkylation sites (tertiary alicyclic amines) is 1. The number of piperidine rings is 1. The van der Waals surface area contributed by atoms with Crippen LogP contribution in [0.3, 0.4) is 0 Å². The Hall–Kier alpha value is -3.97. The Morgan fingerprint density at radius 3 is 2.29 bits per heavy atom. The van der Waals surface area contributed by atoms with Crippen molar-refractivity contribution in [2.45, 2.75) is 52.9 Å². The summed E-state index contributed by atoms with van der Waals surface area (Å²) >= 11 is 1.55. The Bertz CT molecular complexity index is 1280. The number of nitrogens with two attached hydrogens (primary N) is 1. The summed E-state index contributed by atoms with van der Waals surface area (Å²) in [5.74, 6) is 0.618. The predicted octanol–water partition coefficient (Wildman–Crippen LogP) is 7.66. The lowest BCUT2D eigenvalue weighted by Crippen LogP contribution is -2.41. The number of hydrogen-bond acceptors (Lipinski definition) is 6. The van der Waals surface area contributed by atoms with Crippen LogP contribution in [-0.2, 0) is 16.0 Å². The summed E-state index contributed by atoms with van der Waals surface area (Å²) in [5.41, 5.74) is 10.3. The molecule has 2 heterocycles. The van der Waals surface area contributed by atoms with E-state index in [0.717, 1.165) is 54.8 Å². The van der Waals surface area contributed by atoms with Gasteiger partial charge in [-0.3, -0.25) is 9.59 Å². The topological polar surface area (TPSA) is 85.5 Å². The maximum absolute atomic E-state index is 12.7. The van der Waals surface area contributed by atoms with Crippen molar-refractivity contribution in [2.75, 3.05) is 19.7 Å². The van der Waals surface area contributed by atoms with Crippen molar-refractivity contribution in [3.63, 3.8) is 0 Å². The molecule has 0 aliphatic carbocycles. The maximum atomic E-state index is 12.7. The van der Waals surface area contributed by atoms with Crippen molar-refractivity contribution < 1.29 is 14.3 Å². The van der Waals surface area contributed by atoms with Crippen LogP contribution in [0.5, 0.6) is 0 Å². The zero-order chi connectivity index (χ0) is 30.7. The molecular formula is C35H45N3O3S. The van der Waals surface area contributed by atoms with E-state index in [-0.39, 0.29) is 11.8 Å². The summed E-state index contributed by atoms with van der Waals surface area (Å²) in [6.45, 7) is 13.9. The molecule has 4 rings (SSSR count). The van der Waals surface area contributed by atoms with Crippen LogP contribution in [0.2, 0.25) is 0 Å². The molecule has 0 radical (unpaired) electrons. The molecule has 7 heteroatoms. The number of thiazole rings is 1. The zero-order valence-corrected chi connectivity index (χ0v) is 26.2. The van der Waals surface area contributed by atoms with E-state index in [2.05, 4.69) is 23.7 Å².